The smallest absolute Gasteiger partial charge is 0.153 e. The molecule has 1 aromatic rings. The predicted molar refractivity (Wildman–Crippen MR) is 48.3 cm³/mol. The molecule has 0 amide bonds. The molecule has 0 bridgehead atoms. The van der Waals surface area contributed by atoms with Gasteiger partial charge in [-0.05, 0) is 19.3 Å². The maximum absolute atomic E-state index is 5.68. The van der Waals surface area contributed by atoms with Gasteiger partial charge >= 0.3 is 0 Å². The molecule has 1 N–H and O–H groups in total. The Morgan fingerprint density at radius 1 is 1.50 bits per heavy atom. The molecule has 1 heterocycles. The van der Waals surface area contributed by atoms with Crippen LogP contribution in [0.15, 0.2) is 12.3 Å². The van der Waals surface area contributed by atoms with Gasteiger partial charge in [-0.3, -0.25) is 0 Å². The van der Waals surface area contributed by atoms with Crippen molar-refractivity contribution in [3.63, 3.8) is 0 Å². The first-order valence-electron chi connectivity index (χ1n) is 4.09. The van der Waals surface area contributed by atoms with Crippen molar-refractivity contribution in [3.8, 4) is 0 Å². The van der Waals surface area contributed by atoms with E-state index in [2.05, 4.69) is 15.5 Å². The normalized spacial score (nSPS) is 17.1. The number of hydrogen-bond acceptors (Lipinski definition) is 3. The second kappa shape index (κ2) is 3.27. The van der Waals surface area contributed by atoms with E-state index in [1.807, 2.05) is 0 Å². The number of rotatable bonds is 2. The van der Waals surface area contributed by atoms with E-state index in [0.29, 0.717) is 11.2 Å². The van der Waals surface area contributed by atoms with Crippen LogP contribution in [0.5, 0.6) is 0 Å². The van der Waals surface area contributed by atoms with Crippen LogP contribution in [0.2, 0.25) is 5.15 Å². The van der Waals surface area contributed by atoms with Crippen LogP contribution in [0.4, 0.5) is 5.69 Å². The SMILES string of the molecule is Clc1cc(NC2CCC2)cnn1. The fourth-order valence-corrected chi connectivity index (χ4v) is 1.37. The van der Waals surface area contributed by atoms with Crippen LogP contribution in [0.25, 0.3) is 0 Å². The van der Waals surface area contributed by atoms with Gasteiger partial charge in [0.1, 0.15) is 0 Å². The number of aromatic nitrogens is 2. The Bertz CT molecular complexity index is 273. The van der Waals surface area contributed by atoms with Crippen molar-refractivity contribution in [3.05, 3.63) is 17.4 Å². The Kier molecular flexibility index (Phi) is 2.13. The second-order valence-corrected chi connectivity index (χ2v) is 3.43. The van der Waals surface area contributed by atoms with Gasteiger partial charge in [0.05, 0.1) is 11.9 Å². The molecule has 0 unspecified atom stereocenters. The quantitative estimate of drug-likeness (QED) is 0.763. The minimum Gasteiger partial charge on any atom is -0.381 e. The molecule has 1 saturated carbocycles. The van der Waals surface area contributed by atoms with Crippen molar-refractivity contribution in [2.24, 2.45) is 0 Å². The van der Waals surface area contributed by atoms with Crippen LogP contribution in [0, 0.1) is 0 Å². The molecule has 1 aliphatic carbocycles. The summed E-state index contributed by atoms with van der Waals surface area (Å²) in [4.78, 5) is 0. The highest BCUT2D eigenvalue weighted by molar-refractivity contribution is 6.29. The average molecular weight is 184 g/mol. The van der Waals surface area contributed by atoms with E-state index in [4.69, 9.17) is 11.6 Å². The Morgan fingerprint density at radius 2 is 2.33 bits per heavy atom. The Morgan fingerprint density at radius 3 is 2.92 bits per heavy atom. The Balaban J connectivity index is 2.02. The van der Waals surface area contributed by atoms with Crippen LogP contribution < -0.4 is 5.32 Å². The molecule has 1 fully saturated rings. The zero-order chi connectivity index (χ0) is 8.39. The first-order valence-corrected chi connectivity index (χ1v) is 4.47. The van der Waals surface area contributed by atoms with Gasteiger partial charge in [-0.2, -0.15) is 5.10 Å². The van der Waals surface area contributed by atoms with E-state index in [1.165, 1.54) is 19.3 Å². The van der Waals surface area contributed by atoms with Crippen molar-refractivity contribution in [1.82, 2.24) is 10.2 Å². The lowest BCUT2D eigenvalue weighted by molar-refractivity contribution is 0.445. The molecule has 0 spiro atoms. The highest BCUT2D eigenvalue weighted by Gasteiger charge is 2.16. The van der Waals surface area contributed by atoms with Crippen molar-refractivity contribution in [1.29, 1.82) is 0 Å². The summed E-state index contributed by atoms with van der Waals surface area (Å²) in [6.07, 6.45) is 5.52. The maximum Gasteiger partial charge on any atom is 0.153 e. The predicted octanol–water partition coefficient (Wildman–Crippen LogP) is 2.09. The zero-order valence-electron chi connectivity index (χ0n) is 6.63. The fraction of sp³-hybridized carbons (Fsp3) is 0.500. The molecular formula is C8H10ClN3. The lowest BCUT2D eigenvalue weighted by Gasteiger charge is -2.27. The van der Waals surface area contributed by atoms with Crippen LogP contribution in [-0.2, 0) is 0 Å². The molecule has 0 atom stereocenters. The van der Waals surface area contributed by atoms with Gasteiger partial charge in [0.15, 0.2) is 5.15 Å². The van der Waals surface area contributed by atoms with E-state index >= 15 is 0 Å². The number of nitrogens with zero attached hydrogens (tertiary/aromatic N) is 2. The number of halogens is 1. The molecule has 0 aliphatic heterocycles. The van der Waals surface area contributed by atoms with E-state index in [1.54, 1.807) is 12.3 Å². The van der Waals surface area contributed by atoms with Gasteiger partial charge in [-0.15, -0.1) is 5.10 Å². The molecule has 4 heteroatoms. The summed E-state index contributed by atoms with van der Waals surface area (Å²) in [5.41, 5.74) is 0.972. The molecule has 1 aromatic heterocycles. The van der Waals surface area contributed by atoms with Gasteiger partial charge < -0.3 is 5.32 Å². The third-order valence-electron chi connectivity index (χ3n) is 2.10. The second-order valence-electron chi connectivity index (χ2n) is 3.04. The third-order valence-corrected chi connectivity index (χ3v) is 2.29. The summed E-state index contributed by atoms with van der Waals surface area (Å²) in [5, 5.41) is 11.2. The summed E-state index contributed by atoms with van der Waals surface area (Å²) in [5.74, 6) is 0. The summed E-state index contributed by atoms with van der Waals surface area (Å²) in [7, 11) is 0. The molecule has 1 aliphatic rings. The number of anilines is 1. The molecule has 3 nitrogen and oxygen atoms in total. The van der Waals surface area contributed by atoms with Gasteiger partial charge in [0, 0.05) is 12.1 Å². The first-order chi connectivity index (χ1) is 5.84. The summed E-state index contributed by atoms with van der Waals surface area (Å²) in [6, 6.07) is 2.41. The van der Waals surface area contributed by atoms with Gasteiger partial charge in [0.2, 0.25) is 0 Å². The topological polar surface area (TPSA) is 37.8 Å². The standard InChI is InChI=1S/C8H10ClN3/c9-8-4-7(5-10-12-8)11-6-2-1-3-6/h4-6H,1-3H2,(H,11,12). The molecule has 0 saturated heterocycles. The summed E-state index contributed by atoms with van der Waals surface area (Å²) in [6.45, 7) is 0. The van der Waals surface area contributed by atoms with Crippen molar-refractivity contribution in [2.45, 2.75) is 25.3 Å². The average Bonchev–Trinajstić information content (AvgIpc) is 1.97. The zero-order valence-corrected chi connectivity index (χ0v) is 7.38. The van der Waals surface area contributed by atoms with Crippen LogP contribution in [0.3, 0.4) is 0 Å². The van der Waals surface area contributed by atoms with Gasteiger partial charge in [0.25, 0.3) is 0 Å². The minimum atomic E-state index is 0.444. The number of hydrogen-bond donors (Lipinski definition) is 1. The minimum absolute atomic E-state index is 0.444. The highest BCUT2D eigenvalue weighted by Crippen LogP contribution is 2.23. The van der Waals surface area contributed by atoms with E-state index in [9.17, 15) is 0 Å². The molecule has 64 valence electrons. The summed E-state index contributed by atoms with van der Waals surface area (Å²) < 4.78 is 0. The fourth-order valence-electron chi connectivity index (χ4n) is 1.21. The highest BCUT2D eigenvalue weighted by atomic mass is 35.5. The lowest BCUT2D eigenvalue weighted by atomic mass is 9.93. The van der Waals surface area contributed by atoms with Gasteiger partial charge in [-0.1, -0.05) is 11.6 Å². The number of nitrogens with one attached hydrogen (secondary N) is 1. The first kappa shape index (κ1) is 7.80. The van der Waals surface area contributed by atoms with E-state index in [0.717, 1.165) is 5.69 Å². The van der Waals surface area contributed by atoms with E-state index in [-0.39, 0.29) is 0 Å². The monoisotopic (exact) mass is 183 g/mol. The van der Waals surface area contributed by atoms with Crippen LogP contribution in [-0.4, -0.2) is 16.2 Å². The lowest BCUT2D eigenvalue weighted by Crippen LogP contribution is -2.26. The Hall–Kier alpha value is -0.830. The maximum atomic E-state index is 5.68. The van der Waals surface area contributed by atoms with Crippen LogP contribution in [0.1, 0.15) is 19.3 Å². The van der Waals surface area contributed by atoms with Crippen molar-refractivity contribution >= 4 is 17.3 Å². The van der Waals surface area contributed by atoms with Gasteiger partial charge in [-0.25, -0.2) is 0 Å². The molecule has 0 radical (unpaired) electrons. The van der Waals surface area contributed by atoms with E-state index < -0.39 is 0 Å². The molecule has 2 rings (SSSR count). The van der Waals surface area contributed by atoms with Crippen LogP contribution >= 0.6 is 11.6 Å². The molecule has 0 aromatic carbocycles. The molecular weight excluding hydrogens is 174 g/mol. The third kappa shape index (κ3) is 1.67. The van der Waals surface area contributed by atoms with Crippen molar-refractivity contribution in [2.75, 3.05) is 5.32 Å². The Labute approximate surface area is 76.1 Å². The molecule has 12 heavy (non-hydrogen) atoms. The summed E-state index contributed by atoms with van der Waals surface area (Å²) >= 11 is 5.68. The largest absolute Gasteiger partial charge is 0.381 e. The van der Waals surface area contributed by atoms with Crippen molar-refractivity contribution < 1.29 is 0 Å².